The minimum absolute atomic E-state index is 0.0472. The third kappa shape index (κ3) is 4.82. The van der Waals surface area contributed by atoms with E-state index in [1.807, 2.05) is 0 Å². The molecule has 1 aromatic rings. The molecule has 1 rings (SSSR count). The van der Waals surface area contributed by atoms with E-state index in [0.29, 0.717) is 6.54 Å². The third-order valence-corrected chi connectivity index (χ3v) is 3.39. The molecule has 0 aliphatic carbocycles. The summed E-state index contributed by atoms with van der Waals surface area (Å²) in [7, 11) is 3.80. The van der Waals surface area contributed by atoms with Crippen molar-refractivity contribution in [3.05, 3.63) is 28.8 Å². The topological polar surface area (TPSA) is 64.5 Å². The van der Waals surface area contributed by atoms with Crippen molar-refractivity contribution in [2.45, 2.75) is 26.3 Å². The van der Waals surface area contributed by atoms with Gasteiger partial charge in [-0.3, -0.25) is 0 Å². The zero-order valence-corrected chi connectivity index (χ0v) is 12.6. The van der Waals surface area contributed by atoms with Gasteiger partial charge < -0.3 is 21.1 Å². The quantitative estimate of drug-likeness (QED) is 0.774. The molecule has 4 heteroatoms. The Morgan fingerprint density at radius 1 is 1.32 bits per heavy atom. The van der Waals surface area contributed by atoms with E-state index < -0.39 is 0 Å². The lowest BCUT2D eigenvalue weighted by Crippen LogP contribution is -2.41. The van der Waals surface area contributed by atoms with Gasteiger partial charge >= 0.3 is 0 Å². The van der Waals surface area contributed by atoms with Crippen LogP contribution in [0.25, 0.3) is 0 Å². The van der Waals surface area contributed by atoms with Gasteiger partial charge in [-0.05, 0) is 50.1 Å². The van der Waals surface area contributed by atoms with Crippen molar-refractivity contribution in [2.75, 3.05) is 33.8 Å². The molecular weight excluding hydrogens is 238 g/mol. The van der Waals surface area contributed by atoms with Gasteiger partial charge in [0.2, 0.25) is 0 Å². The van der Waals surface area contributed by atoms with Gasteiger partial charge in [-0.15, -0.1) is 0 Å². The molecule has 1 unspecified atom stereocenters. The fraction of sp³-hybridized carbons (Fsp3) is 0.600. The predicted molar refractivity (Wildman–Crippen MR) is 80.7 cm³/mol. The Balaban J connectivity index is 2.67. The maximum Gasteiger partial charge on any atom is 0.122 e. The maximum atomic E-state index is 5.86. The van der Waals surface area contributed by atoms with Crippen LogP contribution in [0.2, 0.25) is 0 Å². The van der Waals surface area contributed by atoms with E-state index >= 15 is 0 Å². The van der Waals surface area contributed by atoms with Gasteiger partial charge in [0.1, 0.15) is 5.75 Å². The molecule has 1 aromatic carbocycles. The van der Waals surface area contributed by atoms with Gasteiger partial charge in [0.05, 0.1) is 7.11 Å². The zero-order chi connectivity index (χ0) is 14.4. The van der Waals surface area contributed by atoms with Crippen LogP contribution in [-0.2, 0) is 6.42 Å². The Morgan fingerprint density at radius 3 is 2.58 bits per heavy atom. The van der Waals surface area contributed by atoms with Gasteiger partial charge in [0.25, 0.3) is 0 Å². The Labute approximate surface area is 116 Å². The lowest BCUT2D eigenvalue weighted by atomic mass is 10.0. The lowest BCUT2D eigenvalue weighted by molar-refractivity contribution is 0.313. The fourth-order valence-electron chi connectivity index (χ4n) is 2.33. The summed E-state index contributed by atoms with van der Waals surface area (Å²) in [6.45, 7) is 6.52. The van der Waals surface area contributed by atoms with E-state index in [1.165, 1.54) is 16.7 Å². The maximum absolute atomic E-state index is 5.86. The first-order valence-corrected chi connectivity index (χ1v) is 6.76. The first-order chi connectivity index (χ1) is 8.97. The van der Waals surface area contributed by atoms with Gasteiger partial charge in [-0.25, -0.2) is 0 Å². The van der Waals surface area contributed by atoms with Crippen LogP contribution in [-0.4, -0.2) is 44.7 Å². The Bertz CT molecular complexity index is 407. The van der Waals surface area contributed by atoms with Gasteiger partial charge in [0.15, 0.2) is 0 Å². The number of methoxy groups -OCH3 is 1. The van der Waals surface area contributed by atoms with Crippen molar-refractivity contribution in [3.8, 4) is 5.75 Å². The summed E-state index contributed by atoms with van der Waals surface area (Å²) in [6, 6.07) is 4.34. The zero-order valence-electron chi connectivity index (χ0n) is 12.6. The number of hydrogen-bond acceptors (Lipinski definition) is 4. The summed E-state index contributed by atoms with van der Waals surface area (Å²) in [5, 5.41) is 0. The highest BCUT2D eigenvalue weighted by Gasteiger charge is 2.10. The molecule has 108 valence electrons. The first-order valence-electron chi connectivity index (χ1n) is 6.76. The average molecular weight is 265 g/mol. The first kappa shape index (κ1) is 16.0. The largest absolute Gasteiger partial charge is 0.496 e. The molecule has 4 N–H and O–H groups in total. The van der Waals surface area contributed by atoms with E-state index in [0.717, 1.165) is 25.3 Å². The number of rotatable bonds is 7. The molecule has 0 heterocycles. The monoisotopic (exact) mass is 265 g/mol. The molecule has 0 fully saturated rings. The number of nitrogens with zero attached hydrogens (tertiary/aromatic N) is 1. The van der Waals surface area contributed by atoms with E-state index in [9.17, 15) is 0 Å². The third-order valence-electron chi connectivity index (χ3n) is 3.39. The second-order valence-electron chi connectivity index (χ2n) is 5.27. The summed E-state index contributed by atoms with van der Waals surface area (Å²) in [5.74, 6) is 0.981. The number of benzene rings is 1. The van der Waals surface area contributed by atoms with Crippen molar-refractivity contribution >= 4 is 0 Å². The predicted octanol–water partition coefficient (Wildman–Crippen LogP) is 1.07. The molecule has 0 saturated heterocycles. The average Bonchev–Trinajstić information content (AvgIpc) is 2.36. The minimum atomic E-state index is 0.0472. The Kier molecular flexibility index (Phi) is 6.28. The van der Waals surface area contributed by atoms with Crippen molar-refractivity contribution in [2.24, 2.45) is 11.5 Å². The number of nitrogens with two attached hydrogens (primary N) is 2. The molecule has 1 atom stereocenters. The number of likely N-dealkylation sites (N-methyl/N-ethyl adjacent to an activating group) is 1. The van der Waals surface area contributed by atoms with E-state index in [4.69, 9.17) is 16.2 Å². The Hall–Kier alpha value is -1.10. The van der Waals surface area contributed by atoms with Crippen LogP contribution < -0.4 is 16.2 Å². The van der Waals surface area contributed by atoms with Crippen LogP contribution in [0, 0.1) is 13.8 Å². The summed E-state index contributed by atoms with van der Waals surface area (Å²) >= 11 is 0. The van der Waals surface area contributed by atoms with E-state index in [2.05, 4.69) is 37.9 Å². The number of aryl methyl sites for hydroxylation is 2. The molecule has 0 bridgehead atoms. The van der Waals surface area contributed by atoms with Crippen LogP contribution >= 0.6 is 0 Å². The molecule has 0 saturated carbocycles. The van der Waals surface area contributed by atoms with Crippen molar-refractivity contribution < 1.29 is 4.74 Å². The van der Waals surface area contributed by atoms with Gasteiger partial charge in [-0.1, -0.05) is 6.07 Å². The second kappa shape index (κ2) is 7.48. The normalized spacial score (nSPS) is 12.8. The molecule has 0 spiro atoms. The lowest BCUT2D eigenvalue weighted by Gasteiger charge is -2.21. The molecule has 0 aliphatic rings. The molecule has 0 radical (unpaired) electrons. The van der Waals surface area contributed by atoms with Gasteiger partial charge in [-0.2, -0.15) is 0 Å². The van der Waals surface area contributed by atoms with Crippen molar-refractivity contribution in [3.63, 3.8) is 0 Å². The van der Waals surface area contributed by atoms with Crippen LogP contribution in [0.3, 0.4) is 0 Å². The Morgan fingerprint density at radius 2 is 2.00 bits per heavy atom. The minimum Gasteiger partial charge on any atom is -0.496 e. The summed E-state index contributed by atoms with van der Waals surface area (Å²) in [6.07, 6.45) is 0.961. The molecule has 0 aromatic heterocycles. The second-order valence-corrected chi connectivity index (χ2v) is 5.27. The smallest absolute Gasteiger partial charge is 0.122 e. The highest BCUT2D eigenvalue weighted by atomic mass is 16.5. The summed E-state index contributed by atoms with van der Waals surface area (Å²) in [4.78, 5) is 2.22. The SMILES string of the molecule is COc1cc(C)cc(C)c1CCN(C)CC(N)CN. The molecule has 4 nitrogen and oxygen atoms in total. The van der Waals surface area contributed by atoms with Crippen molar-refractivity contribution in [1.82, 2.24) is 4.90 Å². The highest BCUT2D eigenvalue weighted by molar-refractivity contribution is 5.43. The van der Waals surface area contributed by atoms with Crippen LogP contribution in [0.1, 0.15) is 16.7 Å². The van der Waals surface area contributed by atoms with E-state index in [1.54, 1.807) is 7.11 Å². The number of hydrogen-bond donors (Lipinski definition) is 2. The van der Waals surface area contributed by atoms with Crippen molar-refractivity contribution in [1.29, 1.82) is 0 Å². The van der Waals surface area contributed by atoms with Crippen LogP contribution in [0.15, 0.2) is 12.1 Å². The van der Waals surface area contributed by atoms with Gasteiger partial charge in [0, 0.05) is 25.7 Å². The summed E-state index contributed by atoms with van der Waals surface area (Å²) < 4.78 is 5.48. The summed E-state index contributed by atoms with van der Waals surface area (Å²) in [5.41, 5.74) is 15.2. The van der Waals surface area contributed by atoms with Crippen LogP contribution in [0.4, 0.5) is 0 Å². The molecule has 19 heavy (non-hydrogen) atoms. The van der Waals surface area contributed by atoms with E-state index in [-0.39, 0.29) is 6.04 Å². The highest BCUT2D eigenvalue weighted by Crippen LogP contribution is 2.24. The molecule has 0 aliphatic heterocycles. The van der Waals surface area contributed by atoms with Crippen LogP contribution in [0.5, 0.6) is 5.75 Å². The molecule has 0 amide bonds. The standard InChI is InChI=1S/C15H27N3O/c1-11-7-12(2)14(15(8-11)19-4)5-6-18(3)10-13(17)9-16/h7-8,13H,5-6,9-10,16-17H2,1-4H3. The number of ether oxygens (including phenoxy) is 1. The molecular formula is C15H27N3O. The fourth-order valence-corrected chi connectivity index (χ4v) is 2.33.